The molecule has 6 rings (SSSR count). The van der Waals surface area contributed by atoms with Crippen molar-refractivity contribution in [2.24, 2.45) is 4.99 Å². The molecule has 1 aromatic heterocycles. The Kier molecular flexibility index (Phi) is 5.75. The molecule has 1 fully saturated rings. The number of hydrogen-bond donors (Lipinski definition) is 1. The average molecular weight is 460 g/mol. The minimum atomic E-state index is 0.357. The summed E-state index contributed by atoms with van der Waals surface area (Å²) in [5.74, 6) is 0. The molecule has 1 aliphatic heterocycles. The number of pyridine rings is 1. The predicted octanol–water partition coefficient (Wildman–Crippen LogP) is 6.81. The molecule has 0 radical (unpaired) electrons. The molecule has 0 bridgehead atoms. The highest BCUT2D eigenvalue weighted by molar-refractivity contribution is 5.84. The van der Waals surface area contributed by atoms with Gasteiger partial charge in [0.25, 0.3) is 0 Å². The van der Waals surface area contributed by atoms with Crippen LogP contribution in [-0.2, 0) is 0 Å². The Bertz CT molecular complexity index is 1510. The van der Waals surface area contributed by atoms with E-state index in [1.54, 1.807) is 0 Å². The molecule has 5 heteroatoms. The number of para-hydroxylation sites is 3. The molecule has 2 heterocycles. The summed E-state index contributed by atoms with van der Waals surface area (Å²) in [5, 5.41) is 4.61. The first-order chi connectivity index (χ1) is 17.3. The third-order valence-electron chi connectivity index (χ3n) is 6.88. The highest BCUT2D eigenvalue weighted by Crippen LogP contribution is 2.31. The lowest BCUT2D eigenvalue weighted by atomic mass is 9.96. The third kappa shape index (κ3) is 4.30. The van der Waals surface area contributed by atoms with Gasteiger partial charge in [0.05, 0.1) is 50.9 Å². The Labute approximate surface area is 205 Å². The summed E-state index contributed by atoms with van der Waals surface area (Å²) in [5.41, 5.74) is 8.07. The first kappa shape index (κ1) is 21.5. The quantitative estimate of drug-likeness (QED) is 0.300. The van der Waals surface area contributed by atoms with Crippen LogP contribution in [0, 0.1) is 6.92 Å². The van der Waals surface area contributed by atoms with Crippen LogP contribution in [0.5, 0.6) is 0 Å². The molecule has 3 aliphatic rings. The van der Waals surface area contributed by atoms with Crippen molar-refractivity contribution in [2.45, 2.75) is 45.1 Å². The number of aryl methyl sites for hydroxylation is 1. The fourth-order valence-electron chi connectivity index (χ4n) is 5.07. The zero-order chi connectivity index (χ0) is 23.6. The number of benzene rings is 3. The van der Waals surface area contributed by atoms with Gasteiger partial charge in [-0.3, -0.25) is 9.98 Å². The largest absolute Gasteiger partial charge is 0.352 e. The molecular weight excluding hydrogens is 430 g/mol. The zero-order valence-electron chi connectivity index (χ0n) is 20.0. The van der Waals surface area contributed by atoms with Gasteiger partial charge in [-0.15, -0.1) is 0 Å². The zero-order valence-corrected chi connectivity index (χ0v) is 20.0. The van der Waals surface area contributed by atoms with Crippen LogP contribution in [0.25, 0.3) is 28.1 Å². The minimum absolute atomic E-state index is 0.357. The SMILES string of the molecule is Cc1ncccc1Nc1cc2nc3ccccc3n(-c3ccccc3)c-2c/c1=N\C1CCCCC1. The minimum Gasteiger partial charge on any atom is -0.352 e. The Morgan fingerprint density at radius 2 is 1.66 bits per heavy atom. The van der Waals surface area contributed by atoms with Gasteiger partial charge in [0.15, 0.2) is 0 Å². The number of fused-ring (bicyclic) bond motifs is 2. The maximum absolute atomic E-state index is 5.28. The summed E-state index contributed by atoms with van der Waals surface area (Å²) in [4.78, 5) is 14.8. The number of hydrogen-bond acceptors (Lipinski definition) is 4. The summed E-state index contributed by atoms with van der Waals surface area (Å²) in [6.45, 7) is 2.02. The number of aromatic nitrogens is 3. The van der Waals surface area contributed by atoms with Crippen molar-refractivity contribution < 1.29 is 0 Å². The Balaban J connectivity index is 1.63. The van der Waals surface area contributed by atoms with Crippen LogP contribution in [0.1, 0.15) is 37.8 Å². The monoisotopic (exact) mass is 459 g/mol. The summed E-state index contributed by atoms with van der Waals surface area (Å²) in [6, 6.07) is 27.6. The standard InChI is InChI=1S/C30H29N5/c1-21-24(16-10-18-31-21)33-26-19-28-30(20-27(26)32-22-11-4-2-5-12-22)35(23-13-6-3-7-14-23)29-17-9-8-15-25(29)34-28/h3,6-10,13-20,22,33H,2,4-5,11-12H2,1H3/b32-27+. The van der Waals surface area contributed by atoms with Crippen LogP contribution in [0.3, 0.4) is 0 Å². The van der Waals surface area contributed by atoms with E-state index in [2.05, 4.69) is 81.6 Å². The number of nitrogens with zero attached hydrogens (tertiary/aromatic N) is 4. The van der Waals surface area contributed by atoms with Crippen LogP contribution in [0.2, 0.25) is 0 Å². The molecule has 2 aliphatic carbocycles. The van der Waals surface area contributed by atoms with E-state index < -0.39 is 0 Å². The van der Waals surface area contributed by atoms with E-state index >= 15 is 0 Å². The first-order valence-electron chi connectivity index (χ1n) is 12.5. The van der Waals surface area contributed by atoms with Gasteiger partial charge in [0.1, 0.15) is 0 Å². The van der Waals surface area contributed by atoms with Gasteiger partial charge in [-0.25, -0.2) is 4.98 Å². The van der Waals surface area contributed by atoms with Crippen molar-refractivity contribution in [1.29, 1.82) is 0 Å². The molecule has 3 aromatic rings. The van der Waals surface area contributed by atoms with Gasteiger partial charge in [0.2, 0.25) is 0 Å². The van der Waals surface area contributed by atoms with E-state index in [9.17, 15) is 0 Å². The maximum atomic E-state index is 5.28. The van der Waals surface area contributed by atoms with Gasteiger partial charge in [0, 0.05) is 11.9 Å². The normalized spacial score (nSPS) is 15.1. The molecule has 1 N–H and O–H groups in total. The van der Waals surface area contributed by atoms with Crippen LogP contribution in [-0.4, -0.2) is 20.6 Å². The topological polar surface area (TPSA) is 55.1 Å². The molecule has 2 aromatic carbocycles. The summed E-state index contributed by atoms with van der Waals surface area (Å²) in [7, 11) is 0. The molecule has 174 valence electrons. The van der Waals surface area contributed by atoms with Gasteiger partial charge in [-0.05, 0) is 68.3 Å². The number of rotatable bonds is 4. The molecule has 0 saturated heterocycles. The summed E-state index contributed by atoms with van der Waals surface area (Å²) in [6.07, 6.45) is 7.94. The number of nitrogens with one attached hydrogen (secondary N) is 1. The maximum Gasteiger partial charge on any atom is 0.0900 e. The number of anilines is 2. The molecule has 0 amide bonds. The summed E-state index contributed by atoms with van der Waals surface area (Å²) < 4.78 is 2.30. The second kappa shape index (κ2) is 9.34. The van der Waals surface area contributed by atoms with E-state index in [0.717, 1.165) is 63.4 Å². The second-order valence-electron chi connectivity index (χ2n) is 9.31. The van der Waals surface area contributed by atoms with Gasteiger partial charge < -0.3 is 9.88 Å². The average Bonchev–Trinajstić information content (AvgIpc) is 2.90. The molecule has 0 unspecified atom stereocenters. The van der Waals surface area contributed by atoms with E-state index in [0.29, 0.717) is 6.04 Å². The Hall–Kier alpha value is -3.99. The smallest absolute Gasteiger partial charge is 0.0900 e. The predicted molar refractivity (Wildman–Crippen MR) is 142 cm³/mol. The van der Waals surface area contributed by atoms with Gasteiger partial charge in [-0.1, -0.05) is 49.6 Å². The lowest BCUT2D eigenvalue weighted by Gasteiger charge is -2.22. The van der Waals surface area contributed by atoms with Gasteiger partial charge in [-0.2, -0.15) is 0 Å². The van der Waals surface area contributed by atoms with Crippen LogP contribution >= 0.6 is 0 Å². The van der Waals surface area contributed by atoms with Crippen molar-refractivity contribution in [3.05, 3.63) is 96.1 Å². The molecular formula is C30H29N5. The fourth-order valence-corrected chi connectivity index (χ4v) is 5.07. The van der Waals surface area contributed by atoms with Crippen molar-refractivity contribution in [3.8, 4) is 17.1 Å². The lowest BCUT2D eigenvalue weighted by molar-refractivity contribution is 0.437. The second-order valence-corrected chi connectivity index (χ2v) is 9.31. The van der Waals surface area contributed by atoms with E-state index in [1.165, 1.54) is 19.3 Å². The van der Waals surface area contributed by atoms with E-state index in [1.807, 2.05) is 25.3 Å². The Morgan fingerprint density at radius 3 is 2.49 bits per heavy atom. The molecule has 1 saturated carbocycles. The molecule has 5 nitrogen and oxygen atoms in total. The Morgan fingerprint density at radius 1 is 0.857 bits per heavy atom. The third-order valence-corrected chi connectivity index (χ3v) is 6.88. The van der Waals surface area contributed by atoms with Crippen molar-refractivity contribution >= 4 is 22.4 Å². The van der Waals surface area contributed by atoms with E-state index in [4.69, 9.17) is 9.98 Å². The highest BCUT2D eigenvalue weighted by atomic mass is 15.0. The fraction of sp³-hybridized carbons (Fsp3) is 0.233. The van der Waals surface area contributed by atoms with Gasteiger partial charge >= 0.3 is 0 Å². The lowest BCUT2D eigenvalue weighted by Crippen LogP contribution is -2.19. The van der Waals surface area contributed by atoms with Crippen LogP contribution < -0.4 is 10.7 Å². The molecule has 0 atom stereocenters. The highest BCUT2D eigenvalue weighted by Gasteiger charge is 2.18. The van der Waals surface area contributed by atoms with Crippen molar-refractivity contribution in [1.82, 2.24) is 14.5 Å². The summed E-state index contributed by atoms with van der Waals surface area (Å²) >= 11 is 0. The van der Waals surface area contributed by atoms with E-state index in [-0.39, 0.29) is 0 Å². The van der Waals surface area contributed by atoms with Crippen LogP contribution in [0.4, 0.5) is 11.4 Å². The van der Waals surface area contributed by atoms with Crippen molar-refractivity contribution in [2.75, 3.05) is 5.32 Å². The first-order valence-corrected chi connectivity index (χ1v) is 12.5. The molecule has 0 spiro atoms. The van der Waals surface area contributed by atoms with Crippen molar-refractivity contribution in [3.63, 3.8) is 0 Å². The van der Waals surface area contributed by atoms with Crippen LogP contribution in [0.15, 0.2) is 90.1 Å². The molecule has 35 heavy (non-hydrogen) atoms.